The average Bonchev–Trinajstić information content (AvgIpc) is 3.17. The molecule has 3 atom stereocenters. The van der Waals surface area contributed by atoms with Crippen LogP contribution in [0.1, 0.15) is 6.42 Å². The third kappa shape index (κ3) is 3.28. The summed E-state index contributed by atoms with van der Waals surface area (Å²) < 4.78 is 64.1. The molecule has 0 N–H and O–H groups in total. The predicted molar refractivity (Wildman–Crippen MR) is 85.8 cm³/mol. The molecular formula is C13H12F3N6NaO5S2. The van der Waals surface area contributed by atoms with Gasteiger partial charge >= 0.3 is 45.1 Å². The monoisotopic (exact) mass is 476 g/mol. The number of carbonyl (C=O) groups excluding carboxylic acids is 2. The van der Waals surface area contributed by atoms with Gasteiger partial charge in [-0.15, -0.1) is 5.10 Å². The van der Waals surface area contributed by atoms with Gasteiger partial charge in [0.2, 0.25) is 11.1 Å². The normalized spacial score (nSPS) is 26.3. The van der Waals surface area contributed by atoms with Crippen molar-refractivity contribution in [3.05, 3.63) is 11.3 Å². The van der Waals surface area contributed by atoms with Crippen LogP contribution in [0.3, 0.4) is 0 Å². The molecule has 0 radical (unpaired) electrons. The fraction of sp³-hybridized carbons (Fsp3) is 0.615. The molecule has 11 nitrogen and oxygen atoms in total. The van der Waals surface area contributed by atoms with Crippen LogP contribution in [0.15, 0.2) is 16.4 Å². The summed E-state index contributed by atoms with van der Waals surface area (Å²) >= 11 is 1.09. The minimum absolute atomic E-state index is 0. The number of carbonyl (C=O) groups is 2. The zero-order valence-electron chi connectivity index (χ0n) is 15.5. The molecule has 0 saturated carbocycles. The summed E-state index contributed by atoms with van der Waals surface area (Å²) in [5, 5.41) is 22.9. The van der Waals surface area contributed by atoms with Crippen LogP contribution in [0.2, 0.25) is 0 Å². The van der Waals surface area contributed by atoms with Crippen LogP contribution in [0.5, 0.6) is 0 Å². The summed E-state index contributed by atoms with van der Waals surface area (Å²) in [6, 6.07) is -2.59. The number of carboxylic acid groups (broad SMARTS) is 1. The van der Waals surface area contributed by atoms with Crippen LogP contribution in [-0.4, -0.2) is 79.6 Å². The first-order valence-electron chi connectivity index (χ1n) is 8.17. The van der Waals surface area contributed by atoms with Gasteiger partial charge in [-0.3, -0.25) is 4.79 Å². The van der Waals surface area contributed by atoms with Gasteiger partial charge in [0.1, 0.15) is 6.04 Å². The Hall–Kier alpha value is -1.20. The van der Waals surface area contributed by atoms with Crippen LogP contribution < -0.4 is 34.7 Å². The maximum Gasteiger partial charge on any atom is 1.00 e. The number of piperidine rings is 1. The molecule has 1 amide bonds. The standard InChI is InChI=1S/C13H13F3N6O5S2.Na/c1-20-12(17-18-19-20)28-4-6-5-2-3-21(29(26,27)13(14,15)16)9-7(5)22(10(9)23)8(6)11(24)25;/h5,7,9H,2-4H2,1H3,(H,24,25);/q;+1/p-1/t5?,7-,9+;/m1./s1. The molecule has 1 unspecified atom stereocenters. The van der Waals surface area contributed by atoms with Gasteiger partial charge in [0.05, 0.1) is 17.7 Å². The molecule has 3 aliphatic rings. The summed E-state index contributed by atoms with van der Waals surface area (Å²) in [7, 11) is -4.15. The van der Waals surface area contributed by atoms with E-state index in [1.807, 2.05) is 0 Å². The number of carboxylic acids is 1. The summed E-state index contributed by atoms with van der Waals surface area (Å²) in [6.45, 7) is -0.548. The summed E-state index contributed by atoms with van der Waals surface area (Å²) in [5.41, 5.74) is -5.68. The molecule has 1 aromatic heterocycles. The number of thioether (sulfide) groups is 1. The average molecular weight is 476 g/mol. The molecule has 0 spiro atoms. The van der Waals surface area contributed by atoms with Crippen LogP contribution in [0.25, 0.3) is 0 Å². The fourth-order valence-corrected chi connectivity index (χ4v) is 6.11. The van der Waals surface area contributed by atoms with Crippen molar-refractivity contribution < 1.29 is 65.8 Å². The second kappa shape index (κ2) is 7.74. The Balaban J connectivity index is 0.00000256. The fourth-order valence-electron chi connectivity index (χ4n) is 4.03. The van der Waals surface area contributed by atoms with Crippen LogP contribution in [0, 0.1) is 5.92 Å². The first-order valence-corrected chi connectivity index (χ1v) is 10.6. The number of hydrogen-bond donors (Lipinski definition) is 0. The first kappa shape index (κ1) is 23.5. The molecule has 0 bridgehead atoms. The molecular weight excluding hydrogens is 464 g/mol. The minimum atomic E-state index is -5.72. The zero-order valence-corrected chi connectivity index (χ0v) is 19.2. The summed E-state index contributed by atoms with van der Waals surface area (Å²) in [6.07, 6.45) is -0.0655. The second-order valence-corrected chi connectivity index (χ2v) is 9.46. The maximum atomic E-state index is 13.0. The van der Waals surface area contributed by atoms with Crippen molar-refractivity contribution in [3.8, 4) is 0 Å². The van der Waals surface area contributed by atoms with E-state index in [4.69, 9.17) is 0 Å². The number of amides is 1. The van der Waals surface area contributed by atoms with Gasteiger partial charge in [-0.25, -0.2) is 13.1 Å². The molecule has 158 valence electrons. The van der Waals surface area contributed by atoms with E-state index in [0.717, 1.165) is 16.7 Å². The van der Waals surface area contributed by atoms with E-state index < -0.39 is 57.7 Å². The van der Waals surface area contributed by atoms with Crippen LogP contribution in [-0.2, 0) is 26.7 Å². The first-order chi connectivity index (χ1) is 13.5. The Bertz CT molecular complexity index is 1040. The van der Waals surface area contributed by atoms with Gasteiger partial charge in [0.25, 0.3) is 0 Å². The number of nitrogens with zero attached hydrogens (tertiary/aromatic N) is 6. The minimum Gasteiger partial charge on any atom is -0.543 e. The number of aliphatic carboxylic acids is 1. The van der Waals surface area contributed by atoms with E-state index in [1.165, 1.54) is 4.68 Å². The number of aryl methyl sites for hydroxylation is 1. The molecule has 3 aliphatic heterocycles. The van der Waals surface area contributed by atoms with Crippen molar-refractivity contribution in [2.45, 2.75) is 29.2 Å². The van der Waals surface area contributed by atoms with E-state index >= 15 is 0 Å². The van der Waals surface area contributed by atoms with E-state index in [-0.39, 0.29) is 46.0 Å². The molecule has 4 heterocycles. The van der Waals surface area contributed by atoms with Crippen molar-refractivity contribution in [1.29, 1.82) is 0 Å². The van der Waals surface area contributed by atoms with Crippen LogP contribution >= 0.6 is 11.8 Å². The Morgan fingerprint density at radius 2 is 2.03 bits per heavy atom. The molecule has 2 fully saturated rings. The van der Waals surface area contributed by atoms with Crippen molar-refractivity contribution in [2.24, 2.45) is 13.0 Å². The quantitative estimate of drug-likeness (QED) is 0.232. The number of alkyl halides is 3. The number of aromatic nitrogens is 4. The van der Waals surface area contributed by atoms with E-state index in [9.17, 15) is 36.3 Å². The van der Waals surface area contributed by atoms with Gasteiger partial charge in [-0.1, -0.05) is 11.8 Å². The second-order valence-electron chi connectivity index (χ2n) is 6.64. The van der Waals surface area contributed by atoms with E-state index in [2.05, 4.69) is 15.5 Å². The Morgan fingerprint density at radius 1 is 1.37 bits per heavy atom. The van der Waals surface area contributed by atoms with Crippen molar-refractivity contribution >= 4 is 33.7 Å². The smallest absolute Gasteiger partial charge is 0.543 e. The molecule has 1 aromatic rings. The SMILES string of the molecule is Cn1nnnc1SCC1=C(C(=O)[O-])N2C(=O)[C@@H]3[C@H]2C1CCN3S(=O)(=O)C(F)(F)F.[Na+]. The van der Waals surface area contributed by atoms with Crippen LogP contribution in [0.4, 0.5) is 13.2 Å². The predicted octanol–water partition coefficient (Wildman–Crippen LogP) is -4.93. The summed E-state index contributed by atoms with van der Waals surface area (Å²) in [4.78, 5) is 25.0. The van der Waals surface area contributed by atoms with E-state index in [1.54, 1.807) is 7.05 Å². The number of halogens is 3. The third-order valence-corrected chi connectivity index (χ3v) is 7.89. The molecule has 4 rings (SSSR count). The molecule has 17 heteroatoms. The van der Waals surface area contributed by atoms with Crippen molar-refractivity contribution in [3.63, 3.8) is 0 Å². The number of rotatable bonds is 5. The van der Waals surface area contributed by atoms with E-state index in [0.29, 0.717) is 10.7 Å². The maximum absolute atomic E-state index is 13.0. The summed E-state index contributed by atoms with van der Waals surface area (Å²) in [5.74, 6) is -3.20. The van der Waals surface area contributed by atoms with Crippen molar-refractivity contribution in [1.82, 2.24) is 29.4 Å². The number of β-lactam (4-membered cyclic amide) rings is 1. The molecule has 2 saturated heterocycles. The number of hydrogen-bond acceptors (Lipinski definition) is 9. The molecule has 30 heavy (non-hydrogen) atoms. The molecule has 0 aliphatic carbocycles. The number of sulfonamides is 1. The Morgan fingerprint density at radius 3 is 2.57 bits per heavy atom. The zero-order chi connectivity index (χ0) is 21.3. The van der Waals surface area contributed by atoms with Gasteiger partial charge in [-0.2, -0.15) is 17.5 Å². The Kier molecular flexibility index (Phi) is 6.05. The van der Waals surface area contributed by atoms with Crippen molar-refractivity contribution in [2.75, 3.05) is 12.3 Å². The van der Waals surface area contributed by atoms with Gasteiger partial charge < -0.3 is 14.8 Å². The third-order valence-electron chi connectivity index (χ3n) is 5.22. The largest absolute Gasteiger partial charge is 1.00 e. The molecule has 0 aromatic carbocycles. The number of tetrazole rings is 1. The van der Waals surface area contributed by atoms with Gasteiger partial charge in [0, 0.05) is 25.3 Å². The topological polar surface area (TPSA) is 141 Å². The van der Waals surface area contributed by atoms with Gasteiger partial charge in [0.15, 0.2) is 0 Å². The van der Waals surface area contributed by atoms with Gasteiger partial charge in [-0.05, 0) is 22.4 Å². The Labute approximate surface area is 194 Å².